The van der Waals surface area contributed by atoms with Crippen LogP contribution in [0.5, 0.6) is 0 Å². The highest BCUT2D eigenvalue weighted by Crippen LogP contribution is 2.34. The van der Waals surface area contributed by atoms with Crippen LogP contribution in [0.4, 0.5) is 0 Å². The van der Waals surface area contributed by atoms with Gasteiger partial charge in [0.25, 0.3) is 0 Å². The van der Waals surface area contributed by atoms with Crippen LogP contribution in [-0.2, 0) is 12.1 Å². The Kier molecular flexibility index (Phi) is 1.17. The third-order valence-corrected chi connectivity index (χ3v) is 3.32. The molecule has 0 bridgehead atoms. The number of thiophene rings is 1. The van der Waals surface area contributed by atoms with E-state index >= 15 is 0 Å². The summed E-state index contributed by atoms with van der Waals surface area (Å²) < 4.78 is 0. The van der Waals surface area contributed by atoms with Crippen molar-refractivity contribution in [3.05, 3.63) is 21.9 Å². The highest BCUT2D eigenvalue weighted by atomic mass is 32.1. The molecule has 0 radical (unpaired) electrons. The predicted octanol–water partition coefficient (Wildman–Crippen LogP) is 2.09. The molecule has 0 aromatic carbocycles. The van der Waals surface area contributed by atoms with Gasteiger partial charge in [-0.2, -0.15) is 0 Å². The summed E-state index contributed by atoms with van der Waals surface area (Å²) in [6, 6.07) is 2.21. The molecule has 0 atom stereocenters. The zero-order chi connectivity index (χ0) is 7.19. The average molecular weight is 153 g/mol. The Balaban J connectivity index is 2.54. The summed E-state index contributed by atoms with van der Waals surface area (Å²) in [6.45, 7) is 5.51. The van der Waals surface area contributed by atoms with Crippen LogP contribution in [0.1, 0.15) is 24.3 Å². The molecule has 0 spiro atoms. The highest BCUT2D eigenvalue weighted by Gasteiger charge is 2.29. The molecule has 0 fully saturated rings. The number of fused-ring (bicyclic) bond motifs is 1. The summed E-state index contributed by atoms with van der Waals surface area (Å²) in [5, 5.41) is 5.63. The van der Waals surface area contributed by atoms with Crippen LogP contribution < -0.4 is 5.32 Å². The standard InChI is InChI=1S/C8H11NS/c1-8(2)7-6(5-9-8)3-4-10-7/h3-4,9H,5H2,1-2H3. The lowest BCUT2D eigenvalue weighted by atomic mass is 10.1. The highest BCUT2D eigenvalue weighted by molar-refractivity contribution is 7.10. The quantitative estimate of drug-likeness (QED) is 0.601. The fraction of sp³-hybridized carbons (Fsp3) is 0.500. The van der Waals surface area contributed by atoms with E-state index < -0.39 is 0 Å². The van der Waals surface area contributed by atoms with Crippen LogP contribution in [0.2, 0.25) is 0 Å². The van der Waals surface area contributed by atoms with Gasteiger partial charge in [0.05, 0.1) is 0 Å². The third-order valence-electron chi connectivity index (χ3n) is 2.04. The zero-order valence-electron chi connectivity index (χ0n) is 6.27. The minimum atomic E-state index is 0.226. The second-order valence-corrected chi connectivity index (χ2v) is 4.17. The van der Waals surface area contributed by atoms with E-state index in [1.165, 1.54) is 10.4 Å². The average Bonchev–Trinajstić information content (AvgIpc) is 2.36. The lowest BCUT2D eigenvalue weighted by Crippen LogP contribution is -2.28. The van der Waals surface area contributed by atoms with E-state index in [9.17, 15) is 0 Å². The Morgan fingerprint density at radius 1 is 1.60 bits per heavy atom. The predicted molar refractivity (Wildman–Crippen MR) is 44.2 cm³/mol. The normalized spacial score (nSPS) is 21.0. The Hall–Kier alpha value is -0.340. The van der Waals surface area contributed by atoms with Crippen molar-refractivity contribution in [1.29, 1.82) is 0 Å². The van der Waals surface area contributed by atoms with Gasteiger partial charge >= 0.3 is 0 Å². The maximum absolute atomic E-state index is 3.45. The van der Waals surface area contributed by atoms with E-state index in [0.717, 1.165) is 6.54 Å². The molecule has 1 aliphatic rings. The van der Waals surface area contributed by atoms with Gasteiger partial charge in [0.15, 0.2) is 0 Å². The summed E-state index contributed by atoms with van der Waals surface area (Å²) in [7, 11) is 0. The molecule has 1 aliphatic heterocycles. The molecule has 1 nitrogen and oxygen atoms in total. The SMILES string of the molecule is CC1(C)NCc2ccsc21. The maximum Gasteiger partial charge on any atom is 0.0477 e. The van der Waals surface area contributed by atoms with Crippen molar-refractivity contribution in [1.82, 2.24) is 5.32 Å². The molecule has 2 heteroatoms. The fourth-order valence-corrected chi connectivity index (χ4v) is 2.45. The van der Waals surface area contributed by atoms with Crippen molar-refractivity contribution in [2.45, 2.75) is 25.9 Å². The molecule has 0 aliphatic carbocycles. The van der Waals surface area contributed by atoms with Gasteiger partial charge in [0.1, 0.15) is 0 Å². The molecular weight excluding hydrogens is 142 g/mol. The number of hydrogen-bond acceptors (Lipinski definition) is 2. The summed E-state index contributed by atoms with van der Waals surface area (Å²) in [5.74, 6) is 0. The molecule has 2 rings (SSSR count). The van der Waals surface area contributed by atoms with Crippen molar-refractivity contribution in [3.63, 3.8) is 0 Å². The van der Waals surface area contributed by atoms with Gasteiger partial charge in [0.2, 0.25) is 0 Å². The maximum atomic E-state index is 3.45. The second-order valence-electron chi connectivity index (χ2n) is 3.25. The van der Waals surface area contributed by atoms with Gasteiger partial charge < -0.3 is 5.32 Å². The molecule has 0 unspecified atom stereocenters. The molecular formula is C8H11NS. The van der Waals surface area contributed by atoms with Gasteiger partial charge in [-0.15, -0.1) is 11.3 Å². The van der Waals surface area contributed by atoms with Gasteiger partial charge in [-0.1, -0.05) is 0 Å². The molecule has 10 heavy (non-hydrogen) atoms. The van der Waals surface area contributed by atoms with E-state index in [4.69, 9.17) is 0 Å². The Labute approximate surface area is 65.1 Å². The Morgan fingerprint density at radius 3 is 3.10 bits per heavy atom. The largest absolute Gasteiger partial charge is 0.303 e. The first kappa shape index (κ1) is 6.38. The molecule has 1 N–H and O–H groups in total. The van der Waals surface area contributed by atoms with Gasteiger partial charge in [-0.05, 0) is 30.9 Å². The van der Waals surface area contributed by atoms with Crippen molar-refractivity contribution >= 4 is 11.3 Å². The minimum absolute atomic E-state index is 0.226. The van der Waals surface area contributed by atoms with Crippen molar-refractivity contribution in [2.24, 2.45) is 0 Å². The Morgan fingerprint density at radius 2 is 2.40 bits per heavy atom. The first-order valence-corrected chi connectivity index (χ1v) is 4.40. The summed E-state index contributed by atoms with van der Waals surface area (Å²) in [6.07, 6.45) is 0. The van der Waals surface area contributed by atoms with E-state index in [0.29, 0.717) is 0 Å². The lowest BCUT2D eigenvalue weighted by molar-refractivity contribution is 0.448. The Bertz CT molecular complexity index is 250. The van der Waals surface area contributed by atoms with Crippen LogP contribution in [0, 0.1) is 0 Å². The van der Waals surface area contributed by atoms with Crippen LogP contribution in [0.15, 0.2) is 11.4 Å². The first-order valence-electron chi connectivity index (χ1n) is 3.52. The minimum Gasteiger partial charge on any atom is -0.303 e. The second kappa shape index (κ2) is 1.83. The number of nitrogens with one attached hydrogen (secondary N) is 1. The smallest absolute Gasteiger partial charge is 0.0477 e. The number of rotatable bonds is 0. The monoisotopic (exact) mass is 153 g/mol. The molecule has 0 saturated carbocycles. The lowest BCUT2D eigenvalue weighted by Gasteiger charge is -2.17. The summed E-state index contributed by atoms with van der Waals surface area (Å²) in [5.41, 5.74) is 1.71. The van der Waals surface area contributed by atoms with E-state index in [1.807, 2.05) is 11.3 Å². The van der Waals surface area contributed by atoms with Crippen LogP contribution in [0.25, 0.3) is 0 Å². The van der Waals surface area contributed by atoms with E-state index in [-0.39, 0.29) is 5.54 Å². The van der Waals surface area contributed by atoms with Crippen molar-refractivity contribution < 1.29 is 0 Å². The third kappa shape index (κ3) is 0.724. The zero-order valence-corrected chi connectivity index (χ0v) is 7.09. The van der Waals surface area contributed by atoms with E-state index in [2.05, 4.69) is 30.6 Å². The molecule has 54 valence electrons. The molecule has 2 heterocycles. The molecule has 0 saturated heterocycles. The van der Waals surface area contributed by atoms with Gasteiger partial charge in [-0.25, -0.2) is 0 Å². The van der Waals surface area contributed by atoms with E-state index in [1.54, 1.807) is 0 Å². The van der Waals surface area contributed by atoms with Gasteiger partial charge in [0, 0.05) is 17.0 Å². The number of hydrogen-bond donors (Lipinski definition) is 1. The van der Waals surface area contributed by atoms with Crippen LogP contribution in [0.3, 0.4) is 0 Å². The molecule has 0 amide bonds. The first-order chi connectivity index (χ1) is 4.70. The molecule has 1 aromatic rings. The van der Waals surface area contributed by atoms with Crippen molar-refractivity contribution in [2.75, 3.05) is 0 Å². The summed E-state index contributed by atoms with van der Waals surface area (Å²) in [4.78, 5) is 1.51. The molecule has 1 aromatic heterocycles. The van der Waals surface area contributed by atoms with Crippen LogP contribution in [-0.4, -0.2) is 0 Å². The topological polar surface area (TPSA) is 12.0 Å². The van der Waals surface area contributed by atoms with Crippen LogP contribution >= 0.6 is 11.3 Å². The summed E-state index contributed by atoms with van der Waals surface area (Å²) >= 11 is 1.86. The fourth-order valence-electron chi connectivity index (χ4n) is 1.42. The van der Waals surface area contributed by atoms with Gasteiger partial charge in [-0.3, -0.25) is 0 Å². The van der Waals surface area contributed by atoms with Crippen molar-refractivity contribution in [3.8, 4) is 0 Å².